The molecule has 0 aromatic rings. The summed E-state index contributed by atoms with van der Waals surface area (Å²) in [5.41, 5.74) is -1.00. The maximum atomic E-state index is 11.8. The zero-order valence-corrected chi connectivity index (χ0v) is 24.9. The van der Waals surface area contributed by atoms with Gasteiger partial charge in [0.05, 0.1) is 48.8 Å². The number of carbonyl (C=O) groups is 3. The van der Waals surface area contributed by atoms with Gasteiger partial charge in [-0.2, -0.15) is 0 Å². The highest BCUT2D eigenvalue weighted by atomic mass is 16.6. The van der Waals surface area contributed by atoms with E-state index in [0.717, 1.165) is 45.1 Å². The highest BCUT2D eigenvalue weighted by Crippen LogP contribution is 2.39. The zero-order chi connectivity index (χ0) is 28.4. The molecule has 4 unspecified atom stereocenters. The summed E-state index contributed by atoms with van der Waals surface area (Å²) < 4.78 is 25.4. The third kappa shape index (κ3) is 11.7. The Kier molecular flexibility index (Phi) is 13.0. The molecule has 0 amide bonds. The van der Waals surface area contributed by atoms with Crippen LogP contribution in [0.4, 0.5) is 0 Å². The lowest BCUT2D eigenvalue weighted by atomic mass is 9.89. The minimum atomic E-state index is -0.352. The van der Waals surface area contributed by atoms with E-state index in [1.807, 2.05) is 62.3 Å². The topological polar surface area (TPSA) is 104 Å². The molecule has 0 radical (unpaired) electrons. The first-order chi connectivity index (χ1) is 17.1. The van der Waals surface area contributed by atoms with Gasteiger partial charge in [-0.15, -0.1) is 0 Å². The van der Waals surface area contributed by atoms with Gasteiger partial charge in [0.15, 0.2) is 0 Å². The van der Waals surface area contributed by atoms with Crippen LogP contribution in [0, 0.1) is 22.2 Å². The molecular formula is C29H52O8. The van der Waals surface area contributed by atoms with E-state index in [1.165, 1.54) is 7.11 Å². The van der Waals surface area contributed by atoms with Gasteiger partial charge in [-0.1, -0.05) is 20.8 Å². The van der Waals surface area contributed by atoms with E-state index in [1.54, 1.807) is 0 Å². The minimum Gasteiger partial charge on any atom is -0.469 e. The van der Waals surface area contributed by atoms with Crippen LogP contribution in [0.5, 0.6) is 0 Å². The summed E-state index contributed by atoms with van der Waals surface area (Å²) in [7, 11) is 1.42. The van der Waals surface area contributed by atoms with Gasteiger partial charge in [0.2, 0.25) is 0 Å². The number of esters is 3. The minimum absolute atomic E-state index is 0.0613. The first-order valence-corrected chi connectivity index (χ1v) is 13.8. The van der Waals surface area contributed by atoms with E-state index < -0.39 is 0 Å². The lowest BCUT2D eigenvalue weighted by Gasteiger charge is -2.24. The van der Waals surface area contributed by atoms with Gasteiger partial charge < -0.3 is 23.7 Å². The molecule has 0 aromatic heterocycles. The summed E-state index contributed by atoms with van der Waals surface area (Å²) in [5.74, 6) is 0.194. The molecule has 3 aliphatic rings. The van der Waals surface area contributed by atoms with E-state index in [9.17, 15) is 14.4 Å². The van der Waals surface area contributed by atoms with Crippen molar-refractivity contribution < 1.29 is 38.1 Å². The van der Waals surface area contributed by atoms with Crippen LogP contribution in [0.25, 0.3) is 0 Å². The molecule has 3 rings (SSSR count). The van der Waals surface area contributed by atoms with E-state index in [2.05, 4.69) is 4.74 Å². The molecule has 4 atom stereocenters. The summed E-state index contributed by atoms with van der Waals surface area (Å²) in [6.45, 7) is 19.1. The van der Waals surface area contributed by atoms with Crippen molar-refractivity contribution in [2.45, 2.75) is 119 Å². The maximum Gasteiger partial charge on any atom is 0.311 e. The zero-order valence-electron chi connectivity index (χ0n) is 24.9. The standard InChI is InChI=1S/C13H22O3.C9H16O3.C7H14O2/c1-4-13(2,3)12(14)15-8-9-5-6-10-11(7-9)16-10;1-4-9(2,3)8(10)12-6-7-5-11-7;1-5-7(2,3)6(8)9-4/h9-11H,4-8H2,1-3H3;7H,4-6H2,1-3H3;5H2,1-4H3. The quantitative estimate of drug-likeness (QED) is 0.208. The fraction of sp³-hybridized carbons (Fsp3) is 0.897. The average molecular weight is 529 g/mol. The Morgan fingerprint density at radius 1 is 0.730 bits per heavy atom. The number of hydrogen-bond acceptors (Lipinski definition) is 8. The van der Waals surface area contributed by atoms with Gasteiger partial charge in [0, 0.05) is 0 Å². The molecule has 3 fully saturated rings. The van der Waals surface area contributed by atoms with E-state index in [0.29, 0.717) is 31.3 Å². The molecule has 1 aliphatic carbocycles. The van der Waals surface area contributed by atoms with Crippen LogP contribution >= 0.6 is 0 Å². The fourth-order valence-electron chi connectivity index (χ4n) is 3.26. The Bertz CT molecular complexity index is 738. The second-order valence-corrected chi connectivity index (χ2v) is 12.2. The Hall–Kier alpha value is -1.67. The van der Waals surface area contributed by atoms with Crippen molar-refractivity contribution in [1.29, 1.82) is 0 Å². The monoisotopic (exact) mass is 528 g/mol. The van der Waals surface area contributed by atoms with Gasteiger partial charge in [0.25, 0.3) is 0 Å². The number of hydrogen-bond donors (Lipinski definition) is 0. The van der Waals surface area contributed by atoms with Gasteiger partial charge in [-0.3, -0.25) is 14.4 Å². The SMILES string of the molecule is CCC(C)(C)C(=O)OC.CCC(C)(C)C(=O)OCC1CCC2OC2C1.CCC(C)(C)C(=O)OCC1CO1. The van der Waals surface area contributed by atoms with Crippen molar-refractivity contribution in [3.8, 4) is 0 Å². The predicted molar refractivity (Wildman–Crippen MR) is 142 cm³/mol. The molecule has 8 heteroatoms. The molecule has 2 aliphatic heterocycles. The van der Waals surface area contributed by atoms with Crippen LogP contribution in [0.15, 0.2) is 0 Å². The van der Waals surface area contributed by atoms with Crippen molar-refractivity contribution in [3.05, 3.63) is 0 Å². The Morgan fingerprint density at radius 3 is 1.57 bits per heavy atom. The normalized spacial score (nSPS) is 24.2. The second-order valence-electron chi connectivity index (χ2n) is 12.2. The molecule has 2 heterocycles. The molecule has 0 aromatic carbocycles. The molecule has 0 N–H and O–H groups in total. The van der Waals surface area contributed by atoms with Gasteiger partial charge >= 0.3 is 17.9 Å². The lowest BCUT2D eigenvalue weighted by Crippen LogP contribution is -2.29. The van der Waals surface area contributed by atoms with Crippen molar-refractivity contribution in [2.24, 2.45) is 22.2 Å². The highest BCUT2D eigenvalue weighted by molar-refractivity contribution is 5.76. The Labute approximate surface area is 224 Å². The summed E-state index contributed by atoms with van der Waals surface area (Å²) in [4.78, 5) is 34.0. The number of epoxide rings is 2. The molecule has 0 bridgehead atoms. The van der Waals surface area contributed by atoms with Crippen LogP contribution in [0.1, 0.15) is 101 Å². The van der Waals surface area contributed by atoms with Crippen LogP contribution in [0.3, 0.4) is 0 Å². The Morgan fingerprint density at radius 2 is 1.19 bits per heavy atom. The van der Waals surface area contributed by atoms with Crippen LogP contribution < -0.4 is 0 Å². The fourth-order valence-corrected chi connectivity index (χ4v) is 3.26. The summed E-state index contributed by atoms with van der Waals surface area (Å²) in [5, 5.41) is 0. The third-order valence-electron chi connectivity index (χ3n) is 7.86. The number of carbonyl (C=O) groups excluding carboxylic acids is 3. The molecular weight excluding hydrogens is 476 g/mol. The molecule has 2 saturated heterocycles. The summed E-state index contributed by atoms with van der Waals surface area (Å²) in [6, 6.07) is 0. The van der Waals surface area contributed by atoms with Crippen molar-refractivity contribution in [2.75, 3.05) is 26.9 Å². The first-order valence-electron chi connectivity index (χ1n) is 13.8. The van der Waals surface area contributed by atoms with Crippen LogP contribution in [-0.2, 0) is 38.1 Å². The second kappa shape index (κ2) is 14.5. The summed E-state index contributed by atoms with van der Waals surface area (Å²) in [6.07, 6.45) is 6.97. The average Bonchev–Trinajstić information content (AvgIpc) is 3.81. The molecule has 1 saturated carbocycles. The van der Waals surface area contributed by atoms with Gasteiger partial charge in [-0.05, 0) is 86.0 Å². The molecule has 8 nitrogen and oxygen atoms in total. The van der Waals surface area contributed by atoms with Crippen molar-refractivity contribution >= 4 is 17.9 Å². The smallest absolute Gasteiger partial charge is 0.311 e. The summed E-state index contributed by atoms with van der Waals surface area (Å²) >= 11 is 0. The number of methoxy groups -OCH3 is 1. The van der Waals surface area contributed by atoms with E-state index >= 15 is 0 Å². The first kappa shape index (κ1) is 33.4. The molecule has 37 heavy (non-hydrogen) atoms. The number of rotatable bonds is 10. The van der Waals surface area contributed by atoms with Crippen molar-refractivity contribution in [3.63, 3.8) is 0 Å². The maximum absolute atomic E-state index is 11.8. The molecule has 0 spiro atoms. The number of ether oxygens (including phenoxy) is 5. The van der Waals surface area contributed by atoms with E-state index in [-0.39, 0.29) is 40.3 Å². The number of fused-ring (bicyclic) bond motifs is 1. The van der Waals surface area contributed by atoms with Crippen molar-refractivity contribution in [1.82, 2.24) is 0 Å². The molecule has 216 valence electrons. The largest absolute Gasteiger partial charge is 0.469 e. The van der Waals surface area contributed by atoms with Crippen LogP contribution in [0.2, 0.25) is 0 Å². The highest BCUT2D eigenvalue weighted by Gasteiger charge is 2.44. The van der Waals surface area contributed by atoms with E-state index in [4.69, 9.17) is 18.9 Å². The van der Waals surface area contributed by atoms with Gasteiger partial charge in [-0.25, -0.2) is 0 Å². The lowest BCUT2D eigenvalue weighted by molar-refractivity contribution is -0.156. The third-order valence-corrected chi connectivity index (χ3v) is 7.86. The van der Waals surface area contributed by atoms with Gasteiger partial charge in [0.1, 0.15) is 12.7 Å². The van der Waals surface area contributed by atoms with Crippen LogP contribution in [-0.4, -0.2) is 63.2 Å². The Balaban J connectivity index is 0.000000291. The predicted octanol–water partition coefficient (Wildman–Crippen LogP) is 5.49.